The molecule has 1 aromatic carbocycles. The zero-order chi connectivity index (χ0) is 11.3. The number of nitrogens with two attached hydrogens (primary N) is 1. The smallest absolute Gasteiger partial charge is 0.0409 e. The van der Waals surface area contributed by atoms with E-state index in [1.807, 2.05) is 18.2 Å². The van der Waals surface area contributed by atoms with E-state index in [1.54, 1.807) is 0 Å². The molecule has 17 heavy (non-hydrogen) atoms. The highest BCUT2D eigenvalue weighted by Gasteiger charge is 2.12. The van der Waals surface area contributed by atoms with Gasteiger partial charge >= 0.3 is 0 Å². The quantitative estimate of drug-likeness (QED) is 0.901. The van der Waals surface area contributed by atoms with Gasteiger partial charge in [-0.15, -0.1) is 24.8 Å². The molecule has 0 bridgehead atoms. The normalized spacial score (nSPS) is 11.6. The monoisotopic (exact) mass is 298 g/mol. The predicted molar refractivity (Wildman–Crippen MR) is 80.7 cm³/mol. The highest BCUT2D eigenvalue weighted by molar-refractivity contribution is 6.30. The summed E-state index contributed by atoms with van der Waals surface area (Å²) >= 11 is 5.97. The van der Waals surface area contributed by atoms with Crippen molar-refractivity contribution in [3.05, 3.63) is 34.9 Å². The van der Waals surface area contributed by atoms with Gasteiger partial charge in [0.15, 0.2) is 0 Å². The summed E-state index contributed by atoms with van der Waals surface area (Å²) < 4.78 is 0. The van der Waals surface area contributed by atoms with Gasteiger partial charge in [-0.2, -0.15) is 0 Å². The van der Waals surface area contributed by atoms with Gasteiger partial charge in [-0.05, 0) is 31.2 Å². The molecule has 0 spiro atoms. The highest BCUT2D eigenvalue weighted by Crippen LogP contribution is 2.22. The van der Waals surface area contributed by atoms with Gasteiger partial charge in [0.1, 0.15) is 0 Å². The zero-order valence-corrected chi connectivity index (χ0v) is 12.6. The lowest BCUT2D eigenvalue weighted by atomic mass is 10.1. The molecule has 0 aromatic heterocycles. The van der Waals surface area contributed by atoms with Gasteiger partial charge in [0.05, 0.1) is 0 Å². The Kier molecular flexibility index (Phi) is 11.4. The first-order valence-electron chi connectivity index (χ1n) is 5.38. The summed E-state index contributed by atoms with van der Waals surface area (Å²) in [5.74, 6) is 0. The van der Waals surface area contributed by atoms with E-state index >= 15 is 0 Å². The van der Waals surface area contributed by atoms with Gasteiger partial charge < -0.3 is 5.73 Å². The molecule has 100 valence electrons. The molecule has 1 unspecified atom stereocenters. The van der Waals surface area contributed by atoms with Crippen molar-refractivity contribution in [3.8, 4) is 0 Å². The summed E-state index contributed by atoms with van der Waals surface area (Å²) in [5.41, 5.74) is 6.83. The molecule has 0 aliphatic rings. The van der Waals surface area contributed by atoms with Crippen LogP contribution in [-0.2, 0) is 0 Å². The van der Waals surface area contributed by atoms with Crippen LogP contribution in [0.4, 0.5) is 0 Å². The van der Waals surface area contributed by atoms with Crippen molar-refractivity contribution in [3.63, 3.8) is 0 Å². The molecule has 0 fully saturated rings. The lowest BCUT2D eigenvalue weighted by Crippen LogP contribution is -2.31. The maximum atomic E-state index is 5.97. The summed E-state index contributed by atoms with van der Waals surface area (Å²) in [6, 6.07) is 8.39. The molecule has 0 aliphatic carbocycles. The summed E-state index contributed by atoms with van der Waals surface area (Å²) in [7, 11) is 0. The van der Waals surface area contributed by atoms with Crippen LogP contribution in [0.2, 0.25) is 5.02 Å². The number of hydrogen-bond acceptors (Lipinski definition) is 2. The fourth-order valence-electron chi connectivity index (χ4n) is 1.77. The van der Waals surface area contributed by atoms with Crippen LogP contribution in [0.25, 0.3) is 0 Å². The minimum Gasteiger partial charge on any atom is -0.329 e. The molecule has 1 rings (SSSR count). The summed E-state index contributed by atoms with van der Waals surface area (Å²) in [6.45, 7) is 6.95. The fourth-order valence-corrected chi connectivity index (χ4v) is 1.97. The second-order valence-corrected chi connectivity index (χ2v) is 4.08. The molecule has 5 heteroatoms. The van der Waals surface area contributed by atoms with E-state index in [1.165, 1.54) is 5.56 Å². The van der Waals surface area contributed by atoms with Crippen molar-refractivity contribution in [2.24, 2.45) is 5.73 Å². The molecule has 2 N–H and O–H groups in total. The Labute approximate surface area is 121 Å². The second-order valence-electron chi connectivity index (χ2n) is 3.65. The SMILES string of the molecule is CCN(CCN)C(C)c1cccc(Cl)c1.Cl.Cl. The second kappa shape index (κ2) is 9.98. The number of nitrogens with zero attached hydrogens (tertiary/aromatic N) is 1. The number of likely N-dealkylation sites (N-methyl/N-ethyl adjacent to an activating group) is 1. The lowest BCUT2D eigenvalue weighted by molar-refractivity contribution is 0.228. The minimum atomic E-state index is 0. The number of benzene rings is 1. The van der Waals surface area contributed by atoms with Crippen LogP contribution in [0.15, 0.2) is 24.3 Å². The molecule has 0 saturated carbocycles. The standard InChI is InChI=1S/C12H19ClN2.2ClH/c1-3-15(8-7-14)10(2)11-5-4-6-12(13)9-11;;/h4-6,9-10H,3,7-8,14H2,1-2H3;2*1H. The van der Waals surface area contributed by atoms with E-state index in [4.69, 9.17) is 17.3 Å². The first-order valence-corrected chi connectivity index (χ1v) is 5.76. The molecule has 0 radical (unpaired) electrons. The van der Waals surface area contributed by atoms with Crippen molar-refractivity contribution in [1.29, 1.82) is 0 Å². The Balaban J connectivity index is 0. The predicted octanol–water partition coefficient (Wildman–Crippen LogP) is 3.53. The number of halogens is 3. The molecular formula is C12H21Cl3N2. The Morgan fingerprint density at radius 1 is 1.35 bits per heavy atom. The largest absolute Gasteiger partial charge is 0.329 e. The van der Waals surface area contributed by atoms with Gasteiger partial charge in [-0.3, -0.25) is 4.90 Å². The average Bonchev–Trinajstić information content (AvgIpc) is 2.25. The zero-order valence-electron chi connectivity index (χ0n) is 10.2. The van der Waals surface area contributed by atoms with Gasteiger partial charge in [0.25, 0.3) is 0 Å². The number of rotatable bonds is 5. The van der Waals surface area contributed by atoms with Crippen LogP contribution in [0, 0.1) is 0 Å². The average molecular weight is 300 g/mol. The van der Waals surface area contributed by atoms with Crippen molar-refractivity contribution in [2.45, 2.75) is 19.9 Å². The topological polar surface area (TPSA) is 29.3 Å². The third-order valence-corrected chi connectivity index (χ3v) is 2.94. The first-order chi connectivity index (χ1) is 7.19. The van der Waals surface area contributed by atoms with E-state index in [0.29, 0.717) is 12.6 Å². The van der Waals surface area contributed by atoms with Gasteiger partial charge in [-0.1, -0.05) is 30.7 Å². The summed E-state index contributed by atoms with van der Waals surface area (Å²) in [5, 5.41) is 0.795. The van der Waals surface area contributed by atoms with Crippen molar-refractivity contribution < 1.29 is 0 Å². The molecule has 0 saturated heterocycles. The molecule has 0 amide bonds. The van der Waals surface area contributed by atoms with Crippen LogP contribution < -0.4 is 5.73 Å². The minimum absolute atomic E-state index is 0. The summed E-state index contributed by atoms with van der Waals surface area (Å²) in [6.07, 6.45) is 0. The van der Waals surface area contributed by atoms with Crippen LogP contribution in [0.5, 0.6) is 0 Å². The van der Waals surface area contributed by atoms with Crippen molar-refractivity contribution in [1.82, 2.24) is 4.90 Å². The van der Waals surface area contributed by atoms with Crippen LogP contribution >= 0.6 is 36.4 Å². The van der Waals surface area contributed by atoms with Crippen LogP contribution in [0.1, 0.15) is 25.5 Å². The van der Waals surface area contributed by atoms with Gasteiger partial charge in [0, 0.05) is 24.2 Å². The Hall–Kier alpha value is 0.01000. The lowest BCUT2D eigenvalue weighted by Gasteiger charge is -2.27. The van der Waals surface area contributed by atoms with Crippen molar-refractivity contribution in [2.75, 3.05) is 19.6 Å². The van der Waals surface area contributed by atoms with E-state index in [2.05, 4.69) is 24.8 Å². The van der Waals surface area contributed by atoms with Gasteiger partial charge in [-0.25, -0.2) is 0 Å². The Morgan fingerprint density at radius 2 is 2.00 bits per heavy atom. The third-order valence-electron chi connectivity index (χ3n) is 2.70. The van der Waals surface area contributed by atoms with E-state index in [0.717, 1.165) is 18.1 Å². The van der Waals surface area contributed by atoms with E-state index in [9.17, 15) is 0 Å². The van der Waals surface area contributed by atoms with Crippen LogP contribution in [0.3, 0.4) is 0 Å². The van der Waals surface area contributed by atoms with E-state index < -0.39 is 0 Å². The summed E-state index contributed by atoms with van der Waals surface area (Å²) in [4.78, 5) is 2.34. The van der Waals surface area contributed by atoms with Crippen LogP contribution in [-0.4, -0.2) is 24.5 Å². The number of hydrogen-bond donors (Lipinski definition) is 1. The molecule has 0 aliphatic heterocycles. The Bertz CT molecular complexity index is 308. The molecular weight excluding hydrogens is 279 g/mol. The Morgan fingerprint density at radius 3 is 2.47 bits per heavy atom. The third kappa shape index (κ3) is 5.94. The maximum absolute atomic E-state index is 5.97. The molecule has 2 nitrogen and oxygen atoms in total. The first kappa shape index (κ1) is 19.4. The van der Waals surface area contributed by atoms with Gasteiger partial charge in [0.2, 0.25) is 0 Å². The highest BCUT2D eigenvalue weighted by atomic mass is 35.5. The molecule has 1 aromatic rings. The van der Waals surface area contributed by atoms with Crippen molar-refractivity contribution >= 4 is 36.4 Å². The fraction of sp³-hybridized carbons (Fsp3) is 0.500. The van der Waals surface area contributed by atoms with E-state index in [-0.39, 0.29) is 24.8 Å². The molecule has 0 heterocycles. The maximum Gasteiger partial charge on any atom is 0.0409 e. The molecule has 1 atom stereocenters.